The molecule has 2 saturated heterocycles. The van der Waals surface area contributed by atoms with Gasteiger partial charge in [0.25, 0.3) is 0 Å². The summed E-state index contributed by atoms with van der Waals surface area (Å²) in [4.78, 5) is 14.6. The first kappa shape index (κ1) is 15.5. The Kier molecular flexibility index (Phi) is 5.11. The molecule has 2 aliphatic heterocycles. The van der Waals surface area contributed by atoms with E-state index in [9.17, 15) is 4.79 Å². The minimum absolute atomic E-state index is 0.182. The second-order valence-electron chi connectivity index (χ2n) is 6.50. The fourth-order valence-electron chi connectivity index (χ4n) is 3.62. The average Bonchev–Trinajstić information content (AvgIpc) is 2.90. The molecule has 22 heavy (non-hydrogen) atoms. The van der Waals surface area contributed by atoms with Crippen LogP contribution < -0.4 is 5.32 Å². The van der Waals surface area contributed by atoms with Gasteiger partial charge in [-0.25, -0.2) is 0 Å². The van der Waals surface area contributed by atoms with E-state index in [1.807, 2.05) is 0 Å². The summed E-state index contributed by atoms with van der Waals surface area (Å²) in [5.74, 6) is 0.841. The van der Waals surface area contributed by atoms with Gasteiger partial charge < -0.3 is 15.0 Å². The lowest BCUT2D eigenvalue weighted by Crippen LogP contribution is -2.46. The van der Waals surface area contributed by atoms with Crippen LogP contribution in [-0.4, -0.2) is 49.2 Å². The summed E-state index contributed by atoms with van der Waals surface area (Å²) < 4.78 is 5.44. The first-order chi connectivity index (χ1) is 10.7. The lowest BCUT2D eigenvalue weighted by atomic mass is 9.93. The number of carbonyl (C=O) groups is 1. The second kappa shape index (κ2) is 7.25. The summed E-state index contributed by atoms with van der Waals surface area (Å²) in [7, 11) is 0. The molecular weight excluding hydrogens is 276 g/mol. The molecule has 4 heteroatoms. The lowest BCUT2D eigenvalue weighted by Gasteiger charge is -2.29. The van der Waals surface area contributed by atoms with Gasteiger partial charge in [0.15, 0.2) is 0 Å². The van der Waals surface area contributed by atoms with Crippen LogP contribution in [0.25, 0.3) is 0 Å². The number of morpholine rings is 1. The molecule has 4 nitrogen and oxygen atoms in total. The van der Waals surface area contributed by atoms with Crippen LogP contribution in [0.4, 0.5) is 0 Å². The molecule has 3 rings (SSSR count). The van der Waals surface area contributed by atoms with Crippen molar-refractivity contribution in [1.29, 1.82) is 0 Å². The maximum absolute atomic E-state index is 12.6. The van der Waals surface area contributed by atoms with E-state index in [-0.39, 0.29) is 11.9 Å². The molecule has 1 aromatic rings. The highest BCUT2D eigenvalue weighted by atomic mass is 16.5. The summed E-state index contributed by atoms with van der Waals surface area (Å²) >= 11 is 0. The Morgan fingerprint density at radius 1 is 1.36 bits per heavy atom. The minimum Gasteiger partial charge on any atom is -0.378 e. The van der Waals surface area contributed by atoms with Crippen LogP contribution in [0.1, 0.15) is 25.3 Å². The van der Waals surface area contributed by atoms with Crippen LogP contribution in [0, 0.1) is 5.92 Å². The highest BCUT2D eigenvalue weighted by Gasteiger charge is 2.34. The number of hydrogen-bond donors (Lipinski definition) is 1. The average molecular weight is 302 g/mol. The SMILES string of the molecule is CC1C(Cc2ccccc2)CCN1C(=O)CC1COCCN1. The van der Waals surface area contributed by atoms with Crippen molar-refractivity contribution in [3.05, 3.63) is 35.9 Å². The smallest absolute Gasteiger partial charge is 0.224 e. The Morgan fingerprint density at radius 2 is 2.18 bits per heavy atom. The number of ether oxygens (including phenoxy) is 1. The molecule has 0 radical (unpaired) electrons. The van der Waals surface area contributed by atoms with E-state index in [0.29, 0.717) is 25.0 Å². The second-order valence-corrected chi connectivity index (χ2v) is 6.50. The molecule has 2 fully saturated rings. The topological polar surface area (TPSA) is 41.6 Å². The van der Waals surface area contributed by atoms with E-state index >= 15 is 0 Å². The quantitative estimate of drug-likeness (QED) is 0.923. The van der Waals surface area contributed by atoms with Gasteiger partial charge in [0.05, 0.1) is 13.2 Å². The Bertz CT molecular complexity index is 485. The van der Waals surface area contributed by atoms with Crippen molar-refractivity contribution in [2.24, 2.45) is 5.92 Å². The molecule has 1 amide bonds. The highest BCUT2D eigenvalue weighted by Crippen LogP contribution is 2.28. The van der Waals surface area contributed by atoms with Crippen LogP contribution in [0.15, 0.2) is 30.3 Å². The Labute approximate surface area is 132 Å². The molecular formula is C18H26N2O2. The van der Waals surface area contributed by atoms with E-state index in [1.54, 1.807) is 0 Å². The van der Waals surface area contributed by atoms with Gasteiger partial charge in [-0.05, 0) is 31.2 Å². The predicted octanol–water partition coefficient (Wildman–Crippen LogP) is 1.84. The summed E-state index contributed by atoms with van der Waals surface area (Å²) in [6, 6.07) is 11.1. The summed E-state index contributed by atoms with van der Waals surface area (Å²) in [5.41, 5.74) is 1.37. The van der Waals surface area contributed by atoms with Gasteiger partial charge in [0, 0.05) is 31.6 Å². The van der Waals surface area contributed by atoms with Crippen LogP contribution in [-0.2, 0) is 16.0 Å². The third-order valence-electron chi connectivity index (χ3n) is 5.00. The molecule has 0 aliphatic carbocycles. The molecule has 120 valence electrons. The van der Waals surface area contributed by atoms with Crippen molar-refractivity contribution in [1.82, 2.24) is 10.2 Å². The molecule has 3 unspecified atom stereocenters. The predicted molar refractivity (Wildman–Crippen MR) is 86.7 cm³/mol. The minimum atomic E-state index is 0.182. The van der Waals surface area contributed by atoms with Crippen LogP contribution in [0.2, 0.25) is 0 Å². The summed E-state index contributed by atoms with van der Waals surface area (Å²) in [6.45, 7) is 5.35. The Morgan fingerprint density at radius 3 is 2.91 bits per heavy atom. The monoisotopic (exact) mass is 302 g/mol. The van der Waals surface area contributed by atoms with Crippen LogP contribution in [0.5, 0.6) is 0 Å². The Balaban J connectivity index is 1.53. The first-order valence-corrected chi connectivity index (χ1v) is 8.38. The molecule has 0 saturated carbocycles. The lowest BCUT2D eigenvalue weighted by molar-refractivity contribution is -0.133. The van der Waals surface area contributed by atoms with Crippen LogP contribution >= 0.6 is 0 Å². The molecule has 0 aromatic heterocycles. The highest BCUT2D eigenvalue weighted by molar-refractivity contribution is 5.77. The molecule has 2 heterocycles. The zero-order chi connectivity index (χ0) is 15.4. The number of rotatable bonds is 4. The van der Waals surface area contributed by atoms with Gasteiger partial charge >= 0.3 is 0 Å². The fourth-order valence-corrected chi connectivity index (χ4v) is 3.62. The number of nitrogens with zero attached hydrogens (tertiary/aromatic N) is 1. The number of hydrogen-bond acceptors (Lipinski definition) is 3. The third-order valence-corrected chi connectivity index (χ3v) is 5.00. The largest absolute Gasteiger partial charge is 0.378 e. The standard InChI is InChI=1S/C18H26N2O2/c1-14-16(11-15-5-3-2-4-6-15)7-9-20(14)18(21)12-17-13-22-10-8-19-17/h2-6,14,16-17,19H,7-13H2,1H3. The molecule has 3 atom stereocenters. The molecule has 2 aliphatic rings. The van der Waals surface area contributed by atoms with E-state index in [0.717, 1.165) is 32.5 Å². The van der Waals surface area contributed by atoms with E-state index in [2.05, 4.69) is 47.5 Å². The van der Waals surface area contributed by atoms with E-state index in [1.165, 1.54) is 5.56 Å². The molecule has 1 aromatic carbocycles. The van der Waals surface area contributed by atoms with Gasteiger partial charge in [-0.3, -0.25) is 4.79 Å². The maximum atomic E-state index is 12.6. The van der Waals surface area contributed by atoms with E-state index < -0.39 is 0 Å². The molecule has 0 spiro atoms. The van der Waals surface area contributed by atoms with Gasteiger partial charge in [-0.2, -0.15) is 0 Å². The zero-order valence-electron chi connectivity index (χ0n) is 13.3. The van der Waals surface area contributed by atoms with Crippen molar-refractivity contribution >= 4 is 5.91 Å². The van der Waals surface area contributed by atoms with Crippen molar-refractivity contribution in [2.75, 3.05) is 26.3 Å². The number of amides is 1. The number of benzene rings is 1. The number of likely N-dealkylation sites (tertiary alicyclic amines) is 1. The van der Waals surface area contributed by atoms with Crippen molar-refractivity contribution in [2.45, 2.75) is 38.3 Å². The van der Waals surface area contributed by atoms with Gasteiger partial charge in [-0.1, -0.05) is 30.3 Å². The Hall–Kier alpha value is -1.39. The molecule has 1 N–H and O–H groups in total. The van der Waals surface area contributed by atoms with Crippen molar-refractivity contribution < 1.29 is 9.53 Å². The maximum Gasteiger partial charge on any atom is 0.224 e. The van der Waals surface area contributed by atoms with Gasteiger partial charge in [-0.15, -0.1) is 0 Å². The van der Waals surface area contributed by atoms with Gasteiger partial charge in [0.2, 0.25) is 5.91 Å². The van der Waals surface area contributed by atoms with Crippen molar-refractivity contribution in [3.63, 3.8) is 0 Å². The zero-order valence-corrected chi connectivity index (χ0v) is 13.3. The number of carbonyl (C=O) groups excluding carboxylic acids is 1. The fraction of sp³-hybridized carbons (Fsp3) is 0.611. The normalized spacial score (nSPS) is 28.8. The first-order valence-electron chi connectivity index (χ1n) is 8.38. The van der Waals surface area contributed by atoms with Crippen molar-refractivity contribution in [3.8, 4) is 0 Å². The summed E-state index contributed by atoms with van der Waals surface area (Å²) in [5, 5.41) is 3.37. The van der Waals surface area contributed by atoms with E-state index in [4.69, 9.17) is 4.74 Å². The van der Waals surface area contributed by atoms with Gasteiger partial charge in [0.1, 0.15) is 0 Å². The molecule has 0 bridgehead atoms. The summed E-state index contributed by atoms with van der Waals surface area (Å²) in [6.07, 6.45) is 2.73. The number of nitrogens with one attached hydrogen (secondary N) is 1. The third kappa shape index (κ3) is 3.68. The van der Waals surface area contributed by atoms with Crippen LogP contribution in [0.3, 0.4) is 0 Å².